The molecule has 0 saturated heterocycles. The Balaban J connectivity index is 2.28. The van der Waals surface area contributed by atoms with E-state index in [0.717, 1.165) is 18.2 Å². The van der Waals surface area contributed by atoms with Gasteiger partial charge in [-0.25, -0.2) is 8.42 Å². The number of anilines is 1. The van der Waals surface area contributed by atoms with Crippen molar-refractivity contribution >= 4 is 21.6 Å². The van der Waals surface area contributed by atoms with Gasteiger partial charge in [0.15, 0.2) is 0 Å². The van der Waals surface area contributed by atoms with E-state index in [1.54, 1.807) is 25.1 Å². The molecule has 0 bridgehead atoms. The zero-order chi connectivity index (χ0) is 19.3. The molecule has 140 valence electrons. The average molecular weight is 375 g/mol. The van der Waals surface area contributed by atoms with Crippen molar-refractivity contribution in [2.24, 2.45) is 5.92 Å². The number of hydrogen-bond donors (Lipinski definition) is 2. The number of nitrogens with one attached hydrogen (secondary N) is 2. The number of rotatable bonds is 7. The van der Waals surface area contributed by atoms with Crippen molar-refractivity contribution in [2.45, 2.75) is 33.2 Å². The fourth-order valence-electron chi connectivity index (χ4n) is 2.86. The van der Waals surface area contributed by atoms with Crippen molar-refractivity contribution in [3.8, 4) is 0 Å². The third kappa shape index (κ3) is 5.59. The van der Waals surface area contributed by atoms with Crippen LogP contribution in [-0.2, 0) is 10.0 Å². The highest BCUT2D eigenvalue weighted by Gasteiger charge is 2.19. The molecular weight excluding hydrogens is 348 g/mol. The molecule has 0 aromatic heterocycles. The molecule has 1 amide bonds. The zero-order valence-corrected chi connectivity index (χ0v) is 16.4. The van der Waals surface area contributed by atoms with Gasteiger partial charge < -0.3 is 5.32 Å². The molecule has 0 spiro atoms. The molecule has 26 heavy (non-hydrogen) atoms. The van der Waals surface area contributed by atoms with Gasteiger partial charge in [-0.1, -0.05) is 50.2 Å². The first-order valence-corrected chi connectivity index (χ1v) is 10.5. The summed E-state index contributed by atoms with van der Waals surface area (Å²) in [6, 6.07) is 14.8. The molecule has 0 aliphatic heterocycles. The standard InChI is InChI=1S/C20H26N2O3S/c1-14(2)13-19(16-9-6-5-7-10-16)21-20(23)17-11-8-12-18(15(17)3)22-26(4,24)25/h5-12,14,19,22H,13H2,1-4H3,(H,21,23)/t19-/m1/s1. The molecular formula is C20H26N2O3S. The summed E-state index contributed by atoms with van der Waals surface area (Å²) in [6.07, 6.45) is 1.91. The molecule has 0 heterocycles. The van der Waals surface area contributed by atoms with Crippen molar-refractivity contribution in [3.05, 3.63) is 65.2 Å². The van der Waals surface area contributed by atoms with Crippen LogP contribution in [0.2, 0.25) is 0 Å². The van der Waals surface area contributed by atoms with Gasteiger partial charge in [0.05, 0.1) is 18.0 Å². The quantitative estimate of drug-likeness (QED) is 0.772. The van der Waals surface area contributed by atoms with Gasteiger partial charge in [0.25, 0.3) is 5.91 Å². The maximum absolute atomic E-state index is 12.9. The van der Waals surface area contributed by atoms with Crippen molar-refractivity contribution < 1.29 is 13.2 Å². The van der Waals surface area contributed by atoms with Crippen LogP contribution in [0.5, 0.6) is 0 Å². The fourth-order valence-corrected chi connectivity index (χ4v) is 3.48. The van der Waals surface area contributed by atoms with E-state index in [2.05, 4.69) is 23.9 Å². The van der Waals surface area contributed by atoms with Crippen LogP contribution < -0.4 is 10.0 Å². The van der Waals surface area contributed by atoms with E-state index in [4.69, 9.17) is 0 Å². The normalized spacial score (nSPS) is 12.7. The summed E-state index contributed by atoms with van der Waals surface area (Å²) in [6.45, 7) is 5.97. The van der Waals surface area contributed by atoms with Crippen LogP contribution in [0, 0.1) is 12.8 Å². The van der Waals surface area contributed by atoms with Gasteiger partial charge in [-0.3, -0.25) is 9.52 Å². The lowest BCUT2D eigenvalue weighted by atomic mass is 9.96. The Morgan fingerprint density at radius 1 is 1.04 bits per heavy atom. The predicted octanol–water partition coefficient (Wildman–Crippen LogP) is 3.88. The highest BCUT2D eigenvalue weighted by Crippen LogP contribution is 2.24. The van der Waals surface area contributed by atoms with E-state index >= 15 is 0 Å². The largest absolute Gasteiger partial charge is 0.345 e. The van der Waals surface area contributed by atoms with Crippen LogP contribution >= 0.6 is 0 Å². The van der Waals surface area contributed by atoms with E-state index in [1.165, 1.54) is 0 Å². The molecule has 0 fully saturated rings. The summed E-state index contributed by atoms with van der Waals surface area (Å²) >= 11 is 0. The Hall–Kier alpha value is -2.34. The first kappa shape index (κ1) is 20.0. The Labute approximate surface area is 155 Å². The first-order valence-electron chi connectivity index (χ1n) is 8.60. The minimum atomic E-state index is -3.41. The Morgan fingerprint density at radius 3 is 2.27 bits per heavy atom. The number of sulfonamides is 1. The minimum Gasteiger partial charge on any atom is -0.345 e. The Morgan fingerprint density at radius 2 is 1.69 bits per heavy atom. The summed E-state index contributed by atoms with van der Waals surface area (Å²) in [5.41, 5.74) is 2.54. The minimum absolute atomic E-state index is 0.102. The number of amides is 1. The molecule has 2 aromatic carbocycles. The smallest absolute Gasteiger partial charge is 0.252 e. The lowest BCUT2D eigenvalue weighted by Gasteiger charge is -2.22. The Kier molecular flexibility index (Phi) is 6.42. The molecule has 0 radical (unpaired) electrons. The second-order valence-electron chi connectivity index (χ2n) is 6.92. The SMILES string of the molecule is Cc1c(NS(C)(=O)=O)cccc1C(=O)N[C@H](CC(C)C)c1ccccc1. The number of hydrogen-bond acceptors (Lipinski definition) is 3. The summed E-state index contributed by atoms with van der Waals surface area (Å²) in [5, 5.41) is 3.10. The monoisotopic (exact) mass is 374 g/mol. The summed E-state index contributed by atoms with van der Waals surface area (Å²) in [7, 11) is -3.41. The molecule has 2 aromatic rings. The van der Waals surface area contributed by atoms with Gasteiger partial charge in [-0.05, 0) is 42.5 Å². The summed E-state index contributed by atoms with van der Waals surface area (Å²) in [5.74, 6) is 0.203. The van der Waals surface area contributed by atoms with Gasteiger partial charge in [0.1, 0.15) is 0 Å². The number of benzene rings is 2. The van der Waals surface area contributed by atoms with E-state index in [9.17, 15) is 13.2 Å². The molecule has 1 atom stereocenters. The van der Waals surface area contributed by atoms with Crippen molar-refractivity contribution in [1.82, 2.24) is 5.32 Å². The number of carbonyl (C=O) groups excluding carboxylic acids is 1. The molecule has 0 aliphatic rings. The lowest BCUT2D eigenvalue weighted by Crippen LogP contribution is -2.30. The van der Waals surface area contributed by atoms with E-state index in [1.807, 2.05) is 30.3 Å². The van der Waals surface area contributed by atoms with Gasteiger partial charge in [0.2, 0.25) is 10.0 Å². The van der Waals surface area contributed by atoms with Crippen LogP contribution in [-0.4, -0.2) is 20.6 Å². The van der Waals surface area contributed by atoms with Crippen LogP contribution in [0.4, 0.5) is 5.69 Å². The van der Waals surface area contributed by atoms with Gasteiger partial charge in [0, 0.05) is 5.56 Å². The van der Waals surface area contributed by atoms with Crippen molar-refractivity contribution in [1.29, 1.82) is 0 Å². The highest BCUT2D eigenvalue weighted by molar-refractivity contribution is 7.92. The van der Waals surface area contributed by atoms with Crippen LogP contribution in [0.1, 0.15) is 47.8 Å². The third-order valence-electron chi connectivity index (χ3n) is 4.09. The van der Waals surface area contributed by atoms with E-state index < -0.39 is 10.0 Å². The molecule has 6 heteroatoms. The lowest BCUT2D eigenvalue weighted by molar-refractivity contribution is 0.0931. The molecule has 5 nitrogen and oxygen atoms in total. The zero-order valence-electron chi connectivity index (χ0n) is 15.6. The van der Waals surface area contributed by atoms with Crippen LogP contribution in [0.3, 0.4) is 0 Å². The second kappa shape index (κ2) is 8.36. The topological polar surface area (TPSA) is 75.3 Å². The summed E-state index contributed by atoms with van der Waals surface area (Å²) < 4.78 is 25.5. The van der Waals surface area contributed by atoms with Crippen LogP contribution in [0.15, 0.2) is 48.5 Å². The predicted molar refractivity (Wildman–Crippen MR) is 106 cm³/mol. The molecule has 0 unspecified atom stereocenters. The molecule has 0 saturated carbocycles. The van der Waals surface area contributed by atoms with Gasteiger partial charge >= 0.3 is 0 Å². The number of carbonyl (C=O) groups is 1. The van der Waals surface area contributed by atoms with Gasteiger partial charge in [-0.15, -0.1) is 0 Å². The van der Waals surface area contributed by atoms with Crippen molar-refractivity contribution in [2.75, 3.05) is 11.0 Å². The third-order valence-corrected chi connectivity index (χ3v) is 4.68. The molecule has 2 rings (SSSR count). The van der Waals surface area contributed by atoms with Gasteiger partial charge in [-0.2, -0.15) is 0 Å². The van der Waals surface area contributed by atoms with Crippen molar-refractivity contribution in [3.63, 3.8) is 0 Å². The second-order valence-corrected chi connectivity index (χ2v) is 8.67. The van der Waals surface area contributed by atoms with Crippen LogP contribution in [0.25, 0.3) is 0 Å². The molecule has 2 N–H and O–H groups in total. The maximum atomic E-state index is 12.9. The highest BCUT2D eigenvalue weighted by atomic mass is 32.2. The van der Waals surface area contributed by atoms with E-state index in [0.29, 0.717) is 22.7 Å². The average Bonchev–Trinajstić information content (AvgIpc) is 2.55. The first-order chi connectivity index (χ1) is 12.2. The maximum Gasteiger partial charge on any atom is 0.252 e. The van der Waals surface area contributed by atoms with E-state index in [-0.39, 0.29) is 11.9 Å². The molecule has 0 aliphatic carbocycles. The Bertz CT molecular complexity index is 862. The summed E-state index contributed by atoms with van der Waals surface area (Å²) in [4.78, 5) is 12.9. The fraction of sp³-hybridized carbons (Fsp3) is 0.350.